The van der Waals surface area contributed by atoms with Crippen molar-refractivity contribution in [1.29, 1.82) is 0 Å². The zero-order valence-electron chi connectivity index (χ0n) is 36.6. The van der Waals surface area contributed by atoms with Gasteiger partial charge in [-0.05, 0) is 121 Å². The molecule has 0 spiro atoms. The van der Waals surface area contributed by atoms with Gasteiger partial charge >= 0.3 is 0 Å². The predicted molar refractivity (Wildman–Crippen MR) is 287 cm³/mol. The largest absolute Gasteiger partial charge is 0.311 e. The van der Waals surface area contributed by atoms with Crippen LogP contribution >= 0.6 is 47.0 Å². The second-order valence-corrected chi connectivity index (χ2v) is 31.0. The summed E-state index contributed by atoms with van der Waals surface area (Å²) in [5.41, 5.74) is 11.0. The van der Waals surface area contributed by atoms with E-state index in [0.717, 1.165) is 17.1 Å². The van der Waals surface area contributed by atoms with Gasteiger partial charge in [0, 0.05) is 56.2 Å². The molecular weight excluding hydrogens is 895 g/mol. The second kappa shape index (κ2) is 16.2. The Morgan fingerprint density at radius 1 is 0.277 bits per heavy atom. The number of anilines is 3. The number of hydrogen-bond donors (Lipinski definition) is 0. The molecule has 9 aromatic rings. The molecule has 7 heteroatoms. The fourth-order valence-corrected chi connectivity index (χ4v) is 23.5. The number of benzene rings is 9. The molecular formula is C58H45NS4Si2. The average Bonchev–Trinajstić information content (AvgIpc) is 3.34. The summed E-state index contributed by atoms with van der Waals surface area (Å²) in [4.78, 5) is 13.4. The van der Waals surface area contributed by atoms with Crippen molar-refractivity contribution in [3.8, 4) is 33.4 Å². The molecule has 0 aromatic heterocycles. The van der Waals surface area contributed by atoms with Crippen LogP contribution in [0.2, 0.25) is 26.2 Å². The first kappa shape index (κ1) is 41.1. The highest BCUT2D eigenvalue weighted by Crippen LogP contribution is 2.52. The zero-order chi connectivity index (χ0) is 43.9. The Kier molecular flexibility index (Phi) is 10.2. The van der Waals surface area contributed by atoms with Crippen LogP contribution in [0.25, 0.3) is 33.4 Å². The SMILES string of the molecule is C[Si]1(C)c2ccccc2Sc2c(-c3ccc(N(c4ccc(-c5cccc6c5Sc5ccccc5S6)cc4)c4ccc(-c5cccc6c5Sc5ccccc5[Si]6(C)C)cc4)cc3)cccc21. The van der Waals surface area contributed by atoms with Crippen molar-refractivity contribution in [2.24, 2.45) is 0 Å². The molecule has 0 aliphatic carbocycles. The first-order valence-corrected chi connectivity index (χ1v) is 31.5. The molecule has 1 nitrogen and oxygen atoms in total. The van der Waals surface area contributed by atoms with Gasteiger partial charge in [0.05, 0.1) is 0 Å². The minimum Gasteiger partial charge on any atom is -0.311 e. The Bertz CT molecular complexity index is 3170. The highest BCUT2D eigenvalue weighted by Gasteiger charge is 2.37. The van der Waals surface area contributed by atoms with Gasteiger partial charge in [-0.15, -0.1) is 0 Å². The maximum atomic E-state index is 2.50. The van der Waals surface area contributed by atoms with E-state index in [4.69, 9.17) is 0 Å². The molecule has 3 aliphatic rings. The lowest BCUT2D eigenvalue weighted by atomic mass is 10.0. The summed E-state index contributed by atoms with van der Waals surface area (Å²) in [5, 5.41) is 6.13. The fraction of sp³-hybridized carbons (Fsp3) is 0.0690. The molecule has 65 heavy (non-hydrogen) atoms. The molecule has 314 valence electrons. The van der Waals surface area contributed by atoms with Crippen LogP contribution in [0, 0.1) is 0 Å². The fourth-order valence-electron chi connectivity index (χ4n) is 9.98. The lowest BCUT2D eigenvalue weighted by Crippen LogP contribution is -2.56. The summed E-state index contributed by atoms with van der Waals surface area (Å²) in [7, 11) is -3.72. The standard InChI is InChI=1S/C58H45NS4Si2/c1-64(2)52-22-9-7-19-49(52)62-57-45(15-12-24-54(57)64)39-28-34-42(35-29-39)59(41-32-26-38(27-33-41)44-14-11-21-51-56(44)61-48-18-6-5-17-47(48)60-51)43-36-30-40(31-37-43)46-16-13-25-55-58(46)63-50-20-8-10-23-53(50)65(55,3)4/h5-37H,1-4H3. The van der Waals surface area contributed by atoms with Crippen molar-refractivity contribution in [3.63, 3.8) is 0 Å². The molecule has 0 fully saturated rings. The Hall–Kier alpha value is -5.39. The monoisotopic (exact) mass is 939 g/mol. The van der Waals surface area contributed by atoms with E-state index >= 15 is 0 Å². The molecule has 0 saturated heterocycles. The van der Waals surface area contributed by atoms with Crippen LogP contribution < -0.4 is 25.6 Å². The molecule has 0 bridgehead atoms. The van der Waals surface area contributed by atoms with Gasteiger partial charge in [-0.2, -0.15) is 0 Å². The van der Waals surface area contributed by atoms with Crippen LogP contribution in [0.4, 0.5) is 17.1 Å². The minimum absolute atomic E-state index is 1.13. The van der Waals surface area contributed by atoms with E-state index < -0.39 is 16.1 Å². The van der Waals surface area contributed by atoms with Gasteiger partial charge < -0.3 is 4.90 Å². The van der Waals surface area contributed by atoms with Crippen molar-refractivity contribution in [2.45, 2.75) is 65.4 Å². The number of hydrogen-bond acceptors (Lipinski definition) is 5. The summed E-state index contributed by atoms with van der Waals surface area (Å²) in [5.74, 6) is 0. The van der Waals surface area contributed by atoms with E-state index in [1.807, 2.05) is 47.0 Å². The Morgan fingerprint density at radius 3 is 1.05 bits per heavy atom. The van der Waals surface area contributed by atoms with E-state index in [2.05, 4.69) is 231 Å². The quantitative estimate of drug-likeness (QED) is 0.152. The Labute approximate surface area is 401 Å². The van der Waals surface area contributed by atoms with Gasteiger partial charge in [0.2, 0.25) is 0 Å². The van der Waals surface area contributed by atoms with E-state index in [9.17, 15) is 0 Å². The molecule has 3 heterocycles. The topological polar surface area (TPSA) is 3.24 Å². The van der Waals surface area contributed by atoms with Gasteiger partial charge in [-0.1, -0.05) is 207 Å². The number of nitrogens with zero attached hydrogens (tertiary/aromatic N) is 1. The van der Waals surface area contributed by atoms with Crippen LogP contribution in [-0.4, -0.2) is 16.1 Å². The van der Waals surface area contributed by atoms with Crippen LogP contribution in [0.5, 0.6) is 0 Å². The molecule has 0 amide bonds. The van der Waals surface area contributed by atoms with Gasteiger partial charge in [0.1, 0.15) is 16.1 Å². The van der Waals surface area contributed by atoms with Crippen molar-refractivity contribution in [1.82, 2.24) is 0 Å². The first-order chi connectivity index (χ1) is 31.7. The lowest BCUT2D eigenvalue weighted by molar-refractivity contribution is 1.16. The highest BCUT2D eigenvalue weighted by molar-refractivity contribution is 8.05. The third-order valence-corrected chi connectivity index (χ3v) is 26.4. The predicted octanol–water partition coefficient (Wildman–Crippen LogP) is 15.3. The highest BCUT2D eigenvalue weighted by atomic mass is 32.2. The van der Waals surface area contributed by atoms with Gasteiger partial charge in [-0.25, -0.2) is 0 Å². The zero-order valence-corrected chi connectivity index (χ0v) is 41.9. The maximum absolute atomic E-state index is 2.50. The Balaban J connectivity index is 0.927. The average molecular weight is 940 g/mol. The molecule has 3 aliphatic heterocycles. The maximum Gasteiger partial charge on any atom is 0.115 e. The summed E-state index contributed by atoms with van der Waals surface area (Å²) in [6.07, 6.45) is 0. The number of rotatable bonds is 6. The van der Waals surface area contributed by atoms with Gasteiger partial charge in [0.25, 0.3) is 0 Å². The normalized spacial score (nSPS) is 14.8. The summed E-state index contributed by atoms with van der Waals surface area (Å²) >= 11 is 7.64. The third kappa shape index (κ3) is 7.02. The lowest BCUT2D eigenvalue weighted by Gasteiger charge is -2.34. The van der Waals surface area contributed by atoms with Crippen LogP contribution in [-0.2, 0) is 0 Å². The van der Waals surface area contributed by atoms with Gasteiger partial charge in [0.15, 0.2) is 0 Å². The molecule has 9 aromatic carbocycles. The molecule has 0 unspecified atom stereocenters. The van der Waals surface area contributed by atoms with Crippen molar-refractivity contribution < 1.29 is 0 Å². The van der Waals surface area contributed by atoms with Gasteiger partial charge in [-0.3, -0.25) is 0 Å². The molecule has 0 saturated carbocycles. The summed E-state index contributed by atoms with van der Waals surface area (Å²) in [6, 6.07) is 75.3. The van der Waals surface area contributed by atoms with Crippen molar-refractivity contribution in [2.75, 3.05) is 4.90 Å². The van der Waals surface area contributed by atoms with E-state index in [1.165, 1.54) is 93.3 Å². The van der Waals surface area contributed by atoms with E-state index in [-0.39, 0.29) is 0 Å². The van der Waals surface area contributed by atoms with Crippen molar-refractivity contribution in [3.05, 3.63) is 200 Å². The summed E-state index contributed by atoms with van der Waals surface area (Å²) in [6.45, 7) is 10.0. The summed E-state index contributed by atoms with van der Waals surface area (Å²) < 4.78 is 0. The number of fused-ring (bicyclic) bond motifs is 6. The van der Waals surface area contributed by atoms with Crippen LogP contribution in [0.15, 0.2) is 239 Å². The van der Waals surface area contributed by atoms with E-state index in [1.54, 1.807) is 0 Å². The second-order valence-electron chi connectivity index (χ2n) is 18.1. The first-order valence-electron chi connectivity index (χ1n) is 22.2. The van der Waals surface area contributed by atoms with Crippen molar-refractivity contribution >= 4 is 101 Å². The minimum atomic E-state index is -1.86. The third-order valence-electron chi connectivity index (χ3n) is 13.5. The van der Waals surface area contributed by atoms with Crippen LogP contribution in [0.1, 0.15) is 0 Å². The molecule has 0 radical (unpaired) electrons. The molecule has 12 rings (SSSR count). The van der Waals surface area contributed by atoms with E-state index in [0.29, 0.717) is 0 Å². The molecule has 0 atom stereocenters. The Morgan fingerprint density at radius 2 is 0.600 bits per heavy atom. The molecule has 0 N–H and O–H groups in total. The van der Waals surface area contributed by atoms with Crippen LogP contribution in [0.3, 0.4) is 0 Å². The smallest absolute Gasteiger partial charge is 0.115 e.